The number of benzene rings is 2. The molecule has 0 radical (unpaired) electrons. The Balaban J connectivity index is 1.52. The summed E-state index contributed by atoms with van der Waals surface area (Å²) in [6.07, 6.45) is 0. The number of hydrogen-bond donors (Lipinski definition) is 2. The molecule has 6 heteroatoms. The van der Waals surface area contributed by atoms with Crippen LogP contribution in [-0.2, 0) is 4.74 Å². The second kappa shape index (κ2) is 7.98. The van der Waals surface area contributed by atoms with Crippen molar-refractivity contribution in [2.75, 3.05) is 39.6 Å². The van der Waals surface area contributed by atoms with E-state index < -0.39 is 0 Å². The minimum Gasteiger partial charge on any atom is -0.454 e. The highest BCUT2D eigenvalue weighted by molar-refractivity contribution is 5.94. The smallest absolute Gasteiger partial charge is 0.251 e. The third-order valence-corrected chi connectivity index (χ3v) is 5.17. The van der Waals surface area contributed by atoms with Gasteiger partial charge in [-0.2, -0.15) is 0 Å². The second-order valence-corrected chi connectivity index (χ2v) is 7.02. The lowest BCUT2D eigenvalue weighted by Gasteiger charge is -2.32. The molecule has 0 spiro atoms. The van der Waals surface area contributed by atoms with Gasteiger partial charge in [0.2, 0.25) is 6.79 Å². The van der Waals surface area contributed by atoms with Gasteiger partial charge in [0, 0.05) is 11.1 Å². The Kier molecular flexibility index (Phi) is 5.27. The fourth-order valence-corrected chi connectivity index (χ4v) is 3.69. The second-order valence-electron chi connectivity index (χ2n) is 7.02. The molecular formula is C21H25N2O4+. The molecule has 0 saturated carbocycles. The van der Waals surface area contributed by atoms with Crippen LogP contribution in [0.25, 0.3) is 0 Å². The van der Waals surface area contributed by atoms with Crippen molar-refractivity contribution in [3.8, 4) is 11.5 Å². The maximum absolute atomic E-state index is 12.6. The molecule has 27 heavy (non-hydrogen) atoms. The number of rotatable bonds is 5. The summed E-state index contributed by atoms with van der Waals surface area (Å²) in [6, 6.07) is 13.8. The molecule has 2 aliphatic heterocycles. The highest BCUT2D eigenvalue weighted by atomic mass is 16.7. The standard InChI is InChI=1S/C21H24N2O4/c1-15-3-2-4-17(11-15)21(24)22-13-18(23-7-9-25-10-8-23)16-5-6-19-20(12-16)27-14-26-19/h2-6,11-12,18H,7-10,13-14H2,1H3,(H,22,24)/p+1/t18-/m1/s1. The summed E-state index contributed by atoms with van der Waals surface area (Å²) in [5.41, 5.74) is 2.91. The van der Waals surface area contributed by atoms with Crippen LogP contribution in [0.2, 0.25) is 0 Å². The van der Waals surface area contributed by atoms with Crippen LogP contribution in [0, 0.1) is 6.92 Å². The number of fused-ring (bicyclic) bond motifs is 1. The minimum absolute atomic E-state index is 0.0443. The number of nitrogens with one attached hydrogen (secondary N) is 2. The fourth-order valence-electron chi connectivity index (χ4n) is 3.69. The van der Waals surface area contributed by atoms with Gasteiger partial charge in [-0.25, -0.2) is 0 Å². The molecule has 6 nitrogen and oxygen atoms in total. The summed E-state index contributed by atoms with van der Waals surface area (Å²) >= 11 is 0. The van der Waals surface area contributed by atoms with Crippen molar-refractivity contribution >= 4 is 5.91 Å². The molecule has 142 valence electrons. The predicted molar refractivity (Wildman–Crippen MR) is 100 cm³/mol. The van der Waals surface area contributed by atoms with Crippen molar-refractivity contribution in [3.05, 3.63) is 59.2 Å². The third kappa shape index (κ3) is 4.07. The largest absolute Gasteiger partial charge is 0.454 e. The Morgan fingerprint density at radius 1 is 1.11 bits per heavy atom. The van der Waals surface area contributed by atoms with Crippen molar-refractivity contribution in [1.82, 2.24) is 5.32 Å². The summed E-state index contributed by atoms with van der Waals surface area (Å²) in [7, 11) is 0. The monoisotopic (exact) mass is 369 g/mol. The molecule has 1 fully saturated rings. The Labute approximate surface area is 159 Å². The zero-order valence-corrected chi connectivity index (χ0v) is 15.5. The lowest BCUT2D eigenvalue weighted by atomic mass is 10.0. The summed E-state index contributed by atoms with van der Waals surface area (Å²) < 4.78 is 16.5. The first-order valence-electron chi connectivity index (χ1n) is 9.37. The van der Waals surface area contributed by atoms with E-state index in [2.05, 4.69) is 11.4 Å². The molecule has 2 N–H and O–H groups in total. The van der Waals surface area contributed by atoms with Crippen molar-refractivity contribution < 1.29 is 23.9 Å². The van der Waals surface area contributed by atoms with E-state index in [1.54, 1.807) is 0 Å². The van der Waals surface area contributed by atoms with Crippen LogP contribution in [0.4, 0.5) is 0 Å². The Morgan fingerprint density at radius 3 is 2.74 bits per heavy atom. The molecule has 1 amide bonds. The zero-order valence-electron chi connectivity index (χ0n) is 15.5. The predicted octanol–water partition coefficient (Wildman–Crippen LogP) is 1.11. The van der Waals surface area contributed by atoms with Gasteiger partial charge in [-0.05, 0) is 37.3 Å². The van der Waals surface area contributed by atoms with E-state index in [0.717, 1.165) is 48.9 Å². The number of ether oxygens (including phenoxy) is 3. The summed E-state index contributed by atoms with van der Waals surface area (Å²) in [6.45, 7) is 6.12. The normalized spacial score (nSPS) is 17.5. The van der Waals surface area contributed by atoms with E-state index in [9.17, 15) is 4.79 Å². The van der Waals surface area contributed by atoms with E-state index in [4.69, 9.17) is 14.2 Å². The first kappa shape index (κ1) is 17.8. The van der Waals surface area contributed by atoms with Gasteiger partial charge in [0.05, 0.1) is 19.8 Å². The average Bonchev–Trinajstić information content (AvgIpc) is 3.17. The number of amides is 1. The van der Waals surface area contributed by atoms with Gasteiger partial charge >= 0.3 is 0 Å². The molecule has 2 aliphatic rings. The molecule has 2 aromatic rings. The van der Waals surface area contributed by atoms with Gasteiger partial charge in [-0.1, -0.05) is 17.7 Å². The van der Waals surface area contributed by atoms with Crippen molar-refractivity contribution in [3.63, 3.8) is 0 Å². The van der Waals surface area contributed by atoms with Crippen LogP contribution in [0.1, 0.15) is 27.5 Å². The van der Waals surface area contributed by atoms with Crippen LogP contribution in [0.5, 0.6) is 11.5 Å². The van der Waals surface area contributed by atoms with Gasteiger partial charge in [0.1, 0.15) is 19.1 Å². The van der Waals surface area contributed by atoms with Crippen molar-refractivity contribution in [2.24, 2.45) is 0 Å². The number of morpholine rings is 1. The van der Waals surface area contributed by atoms with E-state index in [1.807, 2.05) is 43.3 Å². The van der Waals surface area contributed by atoms with E-state index in [-0.39, 0.29) is 18.7 Å². The molecule has 2 heterocycles. The van der Waals surface area contributed by atoms with Gasteiger partial charge < -0.3 is 24.4 Å². The Hall–Kier alpha value is -2.57. The maximum Gasteiger partial charge on any atom is 0.251 e. The quantitative estimate of drug-likeness (QED) is 0.829. The van der Waals surface area contributed by atoms with E-state index in [1.165, 1.54) is 4.90 Å². The number of quaternary nitrogens is 1. The first-order valence-corrected chi connectivity index (χ1v) is 9.37. The van der Waals surface area contributed by atoms with Crippen LogP contribution in [0.15, 0.2) is 42.5 Å². The van der Waals surface area contributed by atoms with Gasteiger partial charge in [0.25, 0.3) is 5.91 Å². The number of hydrogen-bond acceptors (Lipinski definition) is 4. The molecule has 0 aromatic heterocycles. The van der Waals surface area contributed by atoms with Crippen LogP contribution < -0.4 is 19.7 Å². The highest BCUT2D eigenvalue weighted by Crippen LogP contribution is 2.33. The van der Waals surface area contributed by atoms with Crippen LogP contribution >= 0.6 is 0 Å². The lowest BCUT2D eigenvalue weighted by molar-refractivity contribution is -0.937. The maximum atomic E-state index is 12.6. The van der Waals surface area contributed by atoms with Crippen LogP contribution in [-0.4, -0.2) is 45.5 Å². The van der Waals surface area contributed by atoms with E-state index in [0.29, 0.717) is 12.1 Å². The molecule has 4 rings (SSSR count). The number of carbonyl (C=O) groups is 1. The zero-order chi connectivity index (χ0) is 18.6. The van der Waals surface area contributed by atoms with E-state index >= 15 is 0 Å². The lowest BCUT2D eigenvalue weighted by Crippen LogP contribution is -3.15. The summed E-state index contributed by atoms with van der Waals surface area (Å²) in [5, 5.41) is 3.12. The van der Waals surface area contributed by atoms with Crippen molar-refractivity contribution in [2.45, 2.75) is 13.0 Å². The Bertz CT molecular complexity index is 818. The topological polar surface area (TPSA) is 61.2 Å². The van der Waals surface area contributed by atoms with Gasteiger partial charge in [-0.15, -0.1) is 0 Å². The number of carbonyl (C=O) groups excluding carboxylic acids is 1. The molecule has 1 atom stereocenters. The van der Waals surface area contributed by atoms with Gasteiger partial charge in [0.15, 0.2) is 11.5 Å². The molecule has 1 saturated heterocycles. The minimum atomic E-state index is -0.0443. The number of aryl methyl sites for hydroxylation is 1. The van der Waals surface area contributed by atoms with Crippen LogP contribution in [0.3, 0.4) is 0 Å². The highest BCUT2D eigenvalue weighted by Gasteiger charge is 2.28. The fraction of sp³-hybridized carbons (Fsp3) is 0.381. The molecule has 0 aliphatic carbocycles. The summed E-state index contributed by atoms with van der Waals surface area (Å²) in [5.74, 6) is 1.51. The summed E-state index contributed by atoms with van der Waals surface area (Å²) in [4.78, 5) is 14.0. The molecule has 2 aromatic carbocycles. The third-order valence-electron chi connectivity index (χ3n) is 5.17. The first-order chi connectivity index (χ1) is 13.2. The SMILES string of the molecule is Cc1cccc(C(=O)NC[C@H](c2ccc3c(c2)OCO3)[NH+]2CCOCC2)c1. The van der Waals surface area contributed by atoms with Crippen molar-refractivity contribution in [1.29, 1.82) is 0 Å². The average molecular weight is 369 g/mol. The Morgan fingerprint density at radius 2 is 1.93 bits per heavy atom. The van der Waals surface area contributed by atoms with Gasteiger partial charge in [-0.3, -0.25) is 4.79 Å². The molecule has 0 bridgehead atoms. The molecule has 0 unspecified atom stereocenters. The molecular weight excluding hydrogens is 344 g/mol.